The van der Waals surface area contributed by atoms with Gasteiger partial charge in [-0.15, -0.1) is 0 Å². The van der Waals surface area contributed by atoms with E-state index in [4.69, 9.17) is 4.52 Å². The van der Waals surface area contributed by atoms with Gasteiger partial charge in [0.2, 0.25) is 5.91 Å². The molecule has 7 nitrogen and oxygen atoms in total. The average molecular weight is 344 g/mol. The second-order valence-electron chi connectivity index (χ2n) is 6.69. The number of carbonyl (C=O) groups excluding carboxylic acids is 1. The number of nitrogens with zero attached hydrogens (tertiary/aromatic N) is 3. The number of aryl methyl sites for hydroxylation is 3. The lowest BCUT2D eigenvalue weighted by molar-refractivity contribution is -0.135. The van der Waals surface area contributed by atoms with Crippen LogP contribution in [0.15, 0.2) is 15.4 Å². The highest BCUT2D eigenvalue weighted by Gasteiger charge is 2.30. The van der Waals surface area contributed by atoms with Crippen LogP contribution in [0.4, 0.5) is 0 Å². The van der Waals surface area contributed by atoms with Gasteiger partial charge in [-0.1, -0.05) is 5.16 Å². The Morgan fingerprint density at radius 3 is 2.84 bits per heavy atom. The van der Waals surface area contributed by atoms with Crippen molar-refractivity contribution in [2.24, 2.45) is 0 Å². The highest BCUT2D eigenvalue weighted by atomic mass is 16.5. The fraction of sp³-hybridized carbons (Fsp3) is 0.556. The summed E-state index contributed by atoms with van der Waals surface area (Å²) >= 11 is 0. The van der Waals surface area contributed by atoms with Crippen LogP contribution in [0.1, 0.15) is 60.1 Å². The van der Waals surface area contributed by atoms with E-state index in [0.717, 1.165) is 48.5 Å². The van der Waals surface area contributed by atoms with Gasteiger partial charge in [-0.05, 0) is 52.0 Å². The van der Waals surface area contributed by atoms with Crippen LogP contribution in [-0.2, 0) is 11.2 Å². The van der Waals surface area contributed by atoms with Gasteiger partial charge in [0.25, 0.3) is 0 Å². The van der Waals surface area contributed by atoms with Crippen LogP contribution >= 0.6 is 0 Å². The molecule has 1 aliphatic heterocycles. The maximum Gasteiger partial charge on any atom is 0.345 e. The Morgan fingerprint density at radius 1 is 1.36 bits per heavy atom. The van der Waals surface area contributed by atoms with Crippen LogP contribution < -0.4 is 5.69 Å². The smallest absolute Gasteiger partial charge is 0.345 e. The minimum absolute atomic E-state index is 0.00500. The van der Waals surface area contributed by atoms with E-state index >= 15 is 0 Å². The molecule has 1 saturated heterocycles. The van der Waals surface area contributed by atoms with Gasteiger partial charge in [-0.3, -0.25) is 4.79 Å². The molecule has 25 heavy (non-hydrogen) atoms. The van der Waals surface area contributed by atoms with Gasteiger partial charge >= 0.3 is 5.69 Å². The van der Waals surface area contributed by atoms with Crippen molar-refractivity contribution in [3.05, 3.63) is 45.0 Å². The molecule has 1 fully saturated rings. The molecule has 1 unspecified atom stereocenters. The average Bonchev–Trinajstić information content (AvgIpc) is 3.00. The van der Waals surface area contributed by atoms with Crippen LogP contribution in [0.3, 0.4) is 0 Å². The first-order valence-electron chi connectivity index (χ1n) is 8.75. The fourth-order valence-electron chi connectivity index (χ4n) is 3.58. The Bertz CT molecular complexity index is 798. The molecule has 7 heteroatoms. The number of hydrogen-bond acceptors (Lipinski definition) is 5. The summed E-state index contributed by atoms with van der Waals surface area (Å²) in [6.45, 7) is 6.26. The molecule has 3 rings (SSSR count). The third-order valence-electron chi connectivity index (χ3n) is 4.85. The van der Waals surface area contributed by atoms with E-state index in [0.29, 0.717) is 18.5 Å². The summed E-state index contributed by atoms with van der Waals surface area (Å²) in [6.07, 6.45) is 3.97. The van der Waals surface area contributed by atoms with E-state index in [1.807, 2.05) is 31.7 Å². The molecule has 0 aromatic carbocycles. The molecule has 1 atom stereocenters. The number of carbonyl (C=O) groups is 1. The summed E-state index contributed by atoms with van der Waals surface area (Å²) in [5.41, 5.74) is 2.91. The summed E-state index contributed by atoms with van der Waals surface area (Å²) in [4.78, 5) is 32.8. The third-order valence-corrected chi connectivity index (χ3v) is 4.85. The second kappa shape index (κ2) is 7.21. The lowest BCUT2D eigenvalue weighted by Crippen LogP contribution is -2.38. The first-order chi connectivity index (χ1) is 12.0. The number of amides is 1. The quantitative estimate of drug-likeness (QED) is 0.919. The zero-order valence-corrected chi connectivity index (χ0v) is 15.0. The van der Waals surface area contributed by atoms with Crippen molar-refractivity contribution < 1.29 is 9.32 Å². The van der Waals surface area contributed by atoms with Crippen LogP contribution in [0.5, 0.6) is 0 Å². The molecule has 0 bridgehead atoms. The Kier molecular flexibility index (Phi) is 5.01. The van der Waals surface area contributed by atoms with Crippen LogP contribution in [-0.4, -0.2) is 32.5 Å². The first kappa shape index (κ1) is 17.4. The number of likely N-dealkylation sites (tertiary alicyclic amines) is 1. The fourth-order valence-corrected chi connectivity index (χ4v) is 3.58. The topological polar surface area (TPSA) is 92.1 Å². The van der Waals surface area contributed by atoms with Crippen molar-refractivity contribution >= 4 is 5.91 Å². The molecule has 0 saturated carbocycles. The van der Waals surface area contributed by atoms with Gasteiger partial charge < -0.3 is 14.4 Å². The van der Waals surface area contributed by atoms with E-state index in [9.17, 15) is 9.59 Å². The number of rotatable bonds is 4. The maximum atomic E-state index is 12.8. The Labute approximate surface area is 146 Å². The molecule has 1 aliphatic rings. The highest BCUT2D eigenvalue weighted by Crippen LogP contribution is 2.31. The van der Waals surface area contributed by atoms with E-state index in [2.05, 4.69) is 15.1 Å². The van der Waals surface area contributed by atoms with Gasteiger partial charge in [0.1, 0.15) is 11.5 Å². The van der Waals surface area contributed by atoms with Gasteiger partial charge in [0.15, 0.2) is 0 Å². The SMILES string of the molecule is Cc1cc(C2CCCCN2C(=O)CCc2c(C)nc(=O)[nH]c2C)no1. The predicted molar refractivity (Wildman–Crippen MR) is 92.2 cm³/mol. The maximum absolute atomic E-state index is 12.8. The highest BCUT2D eigenvalue weighted by molar-refractivity contribution is 5.77. The molecule has 1 amide bonds. The summed E-state index contributed by atoms with van der Waals surface area (Å²) < 4.78 is 5.19. The molecule has 1 N–H and O–H groups in total. The molecular weight excluding hydrogens is 320 g/mol. The largest absolute Gasteiger partial charge is 0.361 e. The number of aromatic nitrogens is 3. The normalized spacial score (nSPS) is 17.7. The van der Waals surface area contributed by atoms with E-state index in [-0.39, 0.29) is 17.6 Å². The minimum atomic E-state index is -0.345. The summed E-state index contributed by atoms with van der Waals surface area (Å²) in [6, 6.07) is 1.91. The van der Waals surface area contributed by atoms with E-state index in [1.165, 1.54) is 0 Å². The van der Waals surface area contributed by atoms with Gasteiger partial charge in [0, 0.05) is 30.4 Å². The second-order valence-corrected chi connectivity index (χ2v) is 6.69. The number of H-pyrrole nitrogens is 1. The van der Waals surface area contributed by atoms with Gasteiger partial charge in [0.05, 0.1) is 6.04 Å². The number of nitrogens with one attached hydrogen (secondary N) is 1. The lowest BCUT2D eigenvalue weighted by atomic mass is 9.98. The van der Waals surface area contributed by atoms with Gasteiger partial charge in [-0.25, -0.2) is 4.79 Å². The van der Waals surface area contributed by atoms with Crippen molar-refractivity contribution in [3.63, 3.8) is 0 Å². The standard InChI is InChI=1S/C18H24N4O3/c1-11-10-15(21-25-11)16-6-4-5-9-22(16)17(23)8-7-14-12(2)19-18(24)20-13(14)3/h10,16H,4-9H2,1-3H3,(H,19,20,24). The van der Waals surface area contributed by atoms with Gasteiger partial charge in [-0.2, -0.15) is 4.98 Å². The monoisotopic (exact) mass is 344 g/mol. The summed E-state index contributed by atoms with van der Waals surface area (Å²) in [5, 5.41) is 4.11. The van der Waals surface area contributed by atoms with Crippen molar-refractivity contribution in [1.29, 1.82) is 0 Å². The molecule has 0 aliphatic carbocycles. The van der Waals surface area contributed by atoms with Crippen molar-refractivity contribution in [1.82, 2.24) is 20.0 Å². The Morgan fingerprint density at radius 2 is 2.16 bits per heavy atom. The van der Waals surface area contributed by atoms with Crippen molar-refractivity contribution in [2.75, 3.05) is 6.54 Å². The molecule has 0 spiro atoms. The molecular formula is C18H24N4O3. The first-order valence-corrected chi connectivity index (χ1v) is 8.75. The van der Waals surface area contributed by atoms with E-state index < -0.39 is 0 Å². The molecule has 3 heterocycles. The minimum Gasteiger partial charge on any atom is -0.361 e. The van der Waals surface area contributed by atoms with Crippen molar-refractivity contribution in [3.8, 4) is 0 Å². The number of aromatic amines is 1. The molecule has 2 aromatic heterocycles. The summed E-state index contributed by atoms with van der Waals surface area (Å²) in [7, 11) is 0. The van der Waals surface area contributed by atoms with Crippen LogP contribution in [0.25, 0.3) is 0 Å². The molecule has 2 aromatic rings. The van der Waals surface area contributed by atoms with Crippen LogP contribution in [0, 0.1) is 20.8 Å². The Hall–Kier alpha value is -2.44. The lowest BCUT2D eigenvalue weighted by Gasteiger charge is -2.34. The zero-order chi connectivity index (χ0) is 18.0. The summed E-state index contributed by atoms with van der Waals surface area (Å²) in [5.74, 6) is 0.869. The number of piperidine rings is 1. The van der Waals surface area contributed by atoms with Crippen LogP contribution in [0.2, 0.25) is 0 Å². The van der Waals surface area contributed by atoms with Crippen molar-refractivity contribution in [2.45, 2.75) is 58.9 Å². The molecule has 0 radical (unpaired) electrons. The Balaban J connectivity index is 1.72. The molecule has 134 valence electrons. The predicted octanol–water partition coefficient (Wildman–Crippen LogP) is 2.37. The van der Waals surface area contributed by atoms with E-state index in [1.54, 1.807) is 0 Å². The number of hydrogen-bond donors (Lipinski definition) is 1. The zero-order valence-electron chi connectivity index (χ0n) is 15.0. The third kappa shape index (κ3) is 3.81.